The summed E-state index contributed by atoms with van der Waals surface area (Å²) in [4.78, 5) is 29.0. The standard InChI is InChI=1S/C27H25ClF3N3O3/c1-17-3-7-20(27(29,30)31)16-24(17)34-13-11-33(12-14-34)23-10-6-19(26(36)37-2)15-22(23)32-25(35)18-4-8-21(28)9-5-18/h3-10,15-16H,11-14H2,1-2H3,(H,32,35). The highest BCUT2D eigenvalue weighted by atomic mass is 35.5. The van der Waals surface area contributed by atoms with E-state index in [9.17, 15) is 22.8 Å². The number of nitrogens with zero attached hydrogens (tertiary/aromatic N) is 2. The van der Waals surface area contributed by atoms with Crippen LogP contribution in [0.25, 0.3) is 0 Å². The van der Waals surface area contributed by atoms with Crippen LogP contribution in [0.3, 0.4) is 0 Å². The molecule has 37 heavy (non-hydrogen) atoms. The van der Waals surface area contributed by atoms with Crippen LogP contribution in [-0.2, 0) is 10.9 Å². The number of carbonyl (C=O) groups is 2. The first-order valence-corrected chi connectivity index (χ1v) is 11.9. The average Bonchev–Trinajstić information content (AvgIpc) is 2.88. The Morgan fingerprint density at radius 1 is 0.865 bits per heavy atom. The Kier molecular flexibility index (Phi) is 7.63. The number of carbonyl (C=O) groups excluding carboxylic acids is 2. The van der Waals surface area contributed by atoms with Crippen molar-refractivity contribution >= 4 is 40.5 Å². The predicted molar refractivity (Wildman–Crippen MR) is 138 cm³/mol. The van der Waals surface area contributed by atoms with Gasteiger partial charge in [0, 0.05) is 42.5 Å². The highest BCUT2D eigenvalue weighted by molar-refractivity contribution is 6.30. The molecule has 0 unspecified atom stereocenters. The molecule has 1 heterocycles. The number of halogens is 4. The van der Waals surface area contributed by atoms with E-state index in [1.165, 1.54) is 19.2 Å². The number of ether oxygens (including phenoxy) is 1. The zero-order valence-corrected chi connectivity index (χ0v) is 21.0. The molecule has 1 aliphatic rings. The Morgan fingerprint density at radius 2 is 1.46 bits per heavy atom. The Bertz CT molecular complexity index is 1300. The van der Waals surface area contributed by atoms with Crippen molar-refractivity contribution in [1.82, 2.24) is 0 Å². The molecule has 6 nitrogen and oxygen atoms in total. The maximum atomic E-state index is 13.3. The Hall–Kier alpha value is -3.72. The van der Waals surface area contributed by atoms with Gasteiger partial charge < -0.3 is 19.9 Å². The van der Waals surface area contributed by atoms with E-state index in [0.29, 0.717) is 53.8 Å². The van der Waals surface area contributed by atoms with Crippen LogP contribution < -0.4 is 15.1 Å². The van der Waals surface area contributed by atoms with Gasteiger partial charge in [0.25, 0.3) is 5.91 Å². The van der Waals surface area contributed by atoms with Crippen molar-refractivity contribution < 1.29 is 27.5 Å². The molecule has 1 aliphatic heterocycles. The molecule has 10 heteroatoms. The lowest BCUT2D eigenvalue weighted by Gasteiger charge is -2.39. The number of methoxy groups -OCH3 is 1. The van der Waals surface area contributed by atoms with Crippen LogP contribution in [0.1, 0.15) is 31.8 Å². The second-order valence-corrected chi connectivity index (χ2v) is 9.09. The third kappa shape index (κ3) is 5.99. The molecule has 1 saturated heterocycles. The molecule has 0 radical (unpaired) electrons. The van der Waals surface area contributed by atoms with E-state index in [-0.39, 0.29) is 11.5 Å². The number of hydrogen-bond donors (Lipinski definition) is 1. The van der Waals surface area contributed by atoms with E-state index in [0.717, 1.165) is 11.6 Å². The van der Waals surface area contributed by atoms with E-state index < -0.39 is 17.7 Å². The molecule has 1 N–H and O–H groups in total. The molecule has 0 atom stereocenters. The maximum Gasteiger partial charge on any atom is 0.416 e. The summed E-state index contributed by atoms with van der Waals surface area (Å²) < 4.78 is 44.6. The van der Waals surface area contributed by atoms with Gasteiger partial charge in [-0.3, -0.25) is 4.79 Å². The number of rotatable bonds is 5. The van der Waals surface area contributed by atoms with Crippen molar-refractivity contribution in [2.45, 2.75) is 13.1 Å². The first-order chi connectivity index (χ1) is 17.6. The molecule has 0 saturated carbocycles. The molecule has 3 aromatic carbocycles. The third-order valence-corrected chi connectivity index (χ3v) is 6.52. The highest BCUT2D eigenvalue weighted by Gasteiger charge is 2.32. The molecule has 0 spiro atoms. The first-order valence-electron chi connectivity index (χ1n) is 11.5. The first kappa shape index (κ1) is 26.3. The monoisotopic (exact) mass is 531 g/mol. The molecule has 1 amide bonds. The van der Waals surface area contributed by atoms with Crippen LogP contribution >= 0.6 is 11.6 Å². The molecule has 4 rings (SSSR count). The summed E-state index contributed by atoms with van der Waals surface area (Å²) in [7, 11) is 1.28. The van der Waals surface area contributed by atoms with Crippen LogP contribution in [0.5, 0.6) is 0 Å². The van der Waals surface area contributed by atoms with Gasteiger partial charge in [0.1, 0.15) is 0 Å². The lowest BCUT2D eigenvalue weighted by molar-refractivity contribution is -0.137. The van der Waals surface area contributed by atoms with Gasteiger partial charge in [-0.25, -0.2) is 4.79 Å². The van der Waals surface area contributed by atoms with Gasteiger partial charge in [0.2, 0.25) is 0 Å². The van der Waals surface area contributed by atoms with E-state index >= 15 is 0 Å². The number of piperazine rings is 1. The van der Waals surface area contributed by atoms with E-state index in [4.69, 9.17) is 16.3 Å². The molecule has 0 aliphatic carbocycles. The fraction of sp³-hybridized carbons (Fsp3) is 0.259. The van der Waals surface area contributed by atoms with Gasteiger partial charge in [-0.1, -0.05) is 17.7 Å². The summed E-state index contributed by atoms with van der Waals surface area (Å²) in [5, 5.41) is 3.37. The second kappa shape index (κ2) is 10.7. The normalized spacial score (nSPS) is 13.9. The van der Waals surface area contributed by atoms with Crippen LogP contribution in [0.15, 0.2) is 60.7 Å². The molecular formula is C27H25ClF3N3O3. The van der Waals surface area contributed by atoms with Crippen molar-refractivity contribution in [1.29, 1.82) is 0 Å². The smallest absolute Gasteiger partial charge is 0.416 e. The molecule has 1 fully saturated rings. The SMILES string of the molecule is COC(=O)c1ccc(N2CCN(c3cc(C(F)(F)F)ccc3C)CC2)c(NC(=O)c2ccc(Cl)cc2)c1. The van der Waals surface area contributed by atoms with Crippen LogP contribution in [-0.4, -0.2) is 45.2 Å². The van der Waals surface area contributed by atoms with Gasteiger partial charge in [0.15, 0.2) is 0 Å². The number of anilines is 3. The van der Waals surface area contributed by atoms with Crippen molar-refractivity contribution in [3.05, 3.63) is 87.9 Å². The van der Waals surface area contributed by atoms with Crippen LogP contribution in [0, 0.1) is 6.92 Å². The summed E-state index contributed by atoms with van der Waals surface area (Å²) in [6.07, 6.45) is -4.41. The maximum absolute atomic E-state index is 13.3. The number of aryl methyl sites for hydroxylation is 1. The van der Waals surface area contributed by atoms with Gasteiger partial charge in [-0.05, 0) is 67.1 Å². The van der Waals surface area contributed by atoms with Gasteiger partial charge in [-0.2, -0.15) is 13.2 Å². The minimum absolute atomic E-state index is 0.274. The van der Waals surface area contributed by atoms with Gasteiger partial charge >= 0.3 is 12.1 Å². The fourth-order valence-electron chi connectivity index (χ4n) is 4.27. The quantitative estimate of drug-likeness (QED) is 0.407. The number of nitrogens with one attached hydrogen (secondary N) is 1. The number of esters is 1. The zero-order chi connectivity index (χ0) is 26.7. The third-order valence-electron chi connectivity index (χ3n) is 6.27. The van der Waals surface area contributed by atoms with Gasteiger partial charge in [0.05, 0.1) is 29.6 Å². The van der Waals surface area contributed by atoms with E-state index in [1.54, 1.807) is 49.4 Å². The Balaban J connectivity index is 1.57. The lowest BCUT2D eigenvalue weighted by atomic mass is 10.1. The number of amides is 1. The Labute approximate surface area is 217 Å². The van der Waals surface area contributed by atoms with Crippen molar-refractivity contribution in [2.24, 2.45) is 0 Å². The van der Waals surface area contributed by atoms with Gasteiger partial charge in [-0.15, -0.1) is 0 Å². The minimum Gasteiger partial charge on any atom is -0.465 e. The molecule has 194 valence electrons. The van der Waals surface area contributed by atoms with E-state index in [1.807, 2.05) is 9.80 Å². The summed E-state index contributed by atoms with van der Waals surface area (Å²) >= 11 is 5.92. The summed E-state index contributed by atoms with van der Waals surface area (Å²) in [5.41, 5.74) is 2.41. The van der Waals surface area contributed by atoms with Crippen molar-refractivity contribution in [2.75, 3.05) is 48.4 Å². The second-order valence-electron chi connectivity index (χ2n) is 8.66. The summed E-state index contributed by atoms with van der Waals surface area (Å²) in [6.45, 7) is 3.74. The number of hydrogen-bond acceptors (Lipinski definition) is 5. The van der Waals surface area contributed by atoms with Crippen molar-refractivity contribution in [3.63, 3.8) is 0 Å². The zero-order valence-electron chi connectivity index (χ0n) is 20.2. The average molecular weight is 532 g/mol. The largest absolute Gasteiger partial charge is 0.465 e. The molecule has 0 aromatic heterocycles. The van der Waals surface area contributed by atoms with E-state index in [2.05, 4.69) is 5.32 Å². The Morgan fingerprint density at radius 3 is 2.05 bits per heavy atom. The minimum atomic E-state index is -4.41. The lowest BCUT2D eigenvalue weighted by Crippen LogP contribution is -2.47. The summed E-state index contributed by atoms with van der Waals surface area (Å²) in [5.74, 6) is -0.920. The van der Waals surface area contributed by atoms with Crippen molar-refractivity contribution in [3.8, 4) is 0 Å². The topological polar surface area (TPSA) is 61.9 Å². The predicted octanol–water partition coefficient (Wildman–Crippen LogP) is 6.03. The summed E-state index contributed by atoms with van der Waals surface area (Å²) in [6, 6.07) is 15.1. The highest BCUT2D eigenvalue weighted by Crippen LogP contribution is 2.35. The van der Waals surface area contributed by atoms with Crippen LogP contribution in [0.4, 0.5) is 30.2 Å². The number of benzene rings is 3. The van der Waals surface area contributed by atoms with Crippen LogP contribution in [0.2, 0.25) is 5.02 Å². The fourth-order valence-corrected chi connectivity index (χ4v) is 4.39. The number of alkyl halides is 3. The molecule has 3 aromatic rings. The molecule has 0 bridgehead atoms. The molecular weight excluding hydrogens is 507 g/mol.